The summed E-state index contributed by atoms with van der Waals surface area (Å²) < 4.78 is 85.8. The third-order valence-corrected chi connectivity index (χ3v) is 5.59. The zero-order valence-electron chi connectivity index (χ0n) is 22.5. The molecule has 0 saturated carbocycles. The Morgan fingerprint density at radius 1 is 0.833 bits per heavy atom. The second kappa shape index (κ2) is 14.5. The molecule has 0 unspecified atom stereocenters. The summed E-state index contributed by atoms with van der Waals surface area (Å²) in [6, 6.07) is 12.5. The predicted molar refractivity (Wildman–Crippen MR) is 135 cm³/mol. The summed E-state index contributed by atoms with van der Waals surface area (Å²) in [6.45, 7) is 4.34. The van der Waals surface area contributed by atoms with Gasteiger partial charge in [0.15, 0.2) is 17.1 Å². The van der Waals surface area contributed by atoms with Gasteiger partial charge in [-0.3, -0.25) is 4.90 Å². The molecule has 42 heavy (non-hydrogen) atoms. The third kappa shape index (κ3) is 9.32. The lowest BCUT2D eigenvalue weighted by Gasteiger charge is -2.34. The maximum absolute atomic E-state index is 10.6. The molecule has 0 aliphatic carbocycles. The van der Waals surface area contributed by atoms with E-state index in [-0.39, 0.29) is 0 Å². The number of hydrogen-bond acceptors (Lipinski definition) is 9. The molecule has 2 N–H and O–H groups in total. The quantitative estimate of drug-likeness (QED) is 0.383. The minimum Gasteiger partial charge on any atom is -0.493 e. The smallest absolute Gasteiger partial charge is 0.490 e. The first-order valence-corrected chi connectivity index (χ1v) is 11.8. The van der Waals surface area contributed by atoms with E-state index in [9.17, 15) is 26.3 Å². The first-order valence-electron chi connectivity index (χ1n) is 11.8. The number of anilines is 1. The monoisotopic (exact) mass is 611 g/mol. The van der Waals surface area contributed by atoms with Gasteiger partial charge in [-0.25, -0.2) is 9.59 Å². The first kappa shape index (κ1) is 33.8. The molecule has 2 aromatic carbocycles. The van der Waals surface area contributed by atoms with Crippen molar-refractivity contribution in [3.8, 4) is 17.2 Å². The van der Waals surface area contributed by atoms with Crippen LogP contribution in [0.2, 0.25) is 0 Å². The topological polar surface area (TPSA) is 135 Å². The van der Waals surface area contributed by atoms with Crippen molar-refractivity contribution in [3.63, 3.8) is 0 Å². The van der Waals surface area contributed by atoms with E-state index < -0.39 is 24.3 Å². The fourth-order valence-corrected chi connectivity index (χ4v) is 3.62. The maximum atomic E-state index is 10.6. The third-order valence-electron chi connectivity index (χ3n) is 5.59. The number of aliphatic carboxylic acids is 2. The van der Waals surface area contributed by atoms with Crippen molar-refractivity contribution < 1.29 is 64.8 Å². The lowest BCUT2D eigenvalue weighted by Crippen LogP contribution is -2.46. The number of rotatable bonds is 6. The van der Waals surface area contributed by atoms with Crippen LogP contribution in [0.5, 0.6) is 17.2 Å². The molecule has 3 aromatic rings. The van der Waals surface area contributed by atoms with Crippen LogP contribution in [0.15, 0.2) is 40.8 Å². The second-order valence-electron chi connectivity index (χ2n) is 8.33. The highest BCUT2D eigenvalue weighted by Gasteiger charge is 2.38. The van der Waals surface area contributed by atoms with E-state index in [1.165, 1.54) is 0 Å². The van der Waals surface area contributed by atoms with Crippen LogP contribution in [0.4, 0.5) is 32.4 Å². The lowest BCUT2D eigenvalue weighted by molar-refractivity contribution is -0.193. The highest BCUT2D eigenvalue weighted by Crippen LogP contribution is 2.40. The summed E-state index contributed by atoms with van der Waals surface area (Å²) in [7, 11) is 4.91. The van der Waals surface area contributed by atoms with Crippen LogP contribution in [0, 0.1) is 0 Å². The lowest BCUT2D eigenvalue weighted by atomic mass is 10.1. The molecule has 0 atom stereocenters. The number of para-hydroxylation sites is 2. The van der Waals surface area contributed by atoms with Crippen molar-refractivity contribution in [3.05, 3.63) is 42.0 Å². The Labute approximate surface area is 234 Å². The molecule has 2 heterocycles. The molecule has 0 spiro atoms. The molecule has 0 radical (unpaired) electrons. The van der Waals surface area contributed by atoms with Crippen molar-refractivity contribution in [1.29, 1.82) is 0 Å². The highest BCUT2D eigenvalue weighted by atomic mass is 19.4. The number of halogens is 6. The van der Waals surface area contributed by atoms with E-state index in [4.69, 9.17) is 38.4 Å². The van der Waals surface area contributed by atoms with Crippen molar-refractivity contribution in [2.75, 3.05) is 52.4 Å². The summed E-state index contributed by atoms with van der Waals surface area (Å²) in [5, 5.41) is 14.2. The molecule has 11 nitrogen and oxygen atoms in total. The molecule has 0 bridgehead atoms. The van der Waals surface area contributed by atoms with Crippen molar-refractivity contribution in [2.45, 2.75) is 18.9 Å². The highest BCUT2D eigenvalue weighted by molar-refractivity contribution is 5.74. The Bertz CT molecular complexity index is 1280. The molecule has 1 aliphatic heterocycles. The number of oxazole rings is 1. The van der Waals surface area contributed by atoms with Gasteiger partial charge in [0.25, 0.3) is 6.01 Å². The summed E-state index contributed by atoms with van der Waals surface area (Å²) in [5.74, 6) is -3.49. The zero-order valence-corrected chi connectivity index (χ0v) is 22.5. The Kier molecular flexibility index (Phi) is 11.6. The van der Waals surface area contributed by atoms with E-state index >= 15 is 0 Å². The van der Waals surface area contributed by atoms with Gasteiger partial charge in [-0.1, -0.05) is 18.2 Å². The minimum absolute atomic E-state index is 0.632. The van der Waals surface area contributed by atoms with Crippen molar-refractivity contribution >= 4 is 29.1 Å². The van der Waals surface area contributed by atoms with Gasteiger partial charge in [-0.05, 0) is 18.2 Å². The summed E-state index contributed by atoms with van der Waals surface area (Å²) in [4.78, 5) is 27.0. The number of piperazine rings is 1. The Morgan fingerprint density at radius 2 is 1.36 bits per heavy atom. The molecule has 17 heteroatoms. The molecule has 4 rings (SSSR count). The van der Waals surface area contributed by atoms with Crippen LogP contribution in [-0.2, 0) is 16.1 Å². The van der Waals surface area contributed by atoms with Crippen LogP contribution in [0.3, 0.4) is 0 Å². The van der Waals surface area contributed by atoms with Gasteiger partial charge in [0.05, 0.1) is 21.3 Å². The van der Waals surface area contributed by atoms with Gasteiger partial charge in [0, 0.05) is 38.3 Å². The van der Waals surface area contributed by atoms with Crippen LogP contribution < -0.4 is 19.1 Å². The Morgan fingerprint density at radius 3 is 1.81 bits per heavy atom. The molecule has 1 aromatic heterocycles. The van der Waals surface area contributed by atoms with Crippen LogP contribution in [-0.4, -0.2) is 91.9 Å². The number of carboxylic acid groups (broad SMARTS) is 2. The number of benzene rings is 2. The summed E-state index contributed by atoms with van der Waals surface area (Å²) >= 11 is 0. The number of hydrogen-bond donors (Lipinski definition) is 2. The number of carboxylic acids is 2. The van der Waals surface area contributed by atoms with Gasteiger partial charge < -0.3 is 33.7 Å². The van der Waals surface area contributed by atoms with E-state index in [2.05, 4.69) is 14.8 Å². The fourth-order valence-electron chi connectivity index (χ4n) is 3.62. The number of carbonyl (C=O) groups is 2. The number of methoxy groups -OCH3 is 3. The normalized spacial score (nSPS) is 13.8. The number of aromatic nitrogens is 1. The summed E-state index contributed by atoms with van der Waals surface area (Å²) in [6.07, 6.45) is -10.2. The molecule has 1 aliphatic rings. The van der Waals surface area contributed by atoms with E-state index in [1.54, 1.807) is 21.3 Å². The molecule has 1 fully saturated rings. The van der Waals surface area contributed by atoms with E-state index in [1.807, 2.05) is 36.4 Å². The average molecular weight is 611 g/mol. The SMILES string of the molecule is COc1ccc(CN2CCN(c3nc4ccccc4o3)CC2)c(OC)c1OC.O=C(O)C(F)(F)F.O=C(O)C(F)(F)F. The maximum Gasteiger partial charge on any atom is 0.490 e. The van der Waals surface area contributed by atoms with Gasteiger partial charge >= 0.3 is 24.3 Å². The standard InChI is InChI=1S/C21H25N3O4.2C2HF3O2/c1-25-18-9-8-15(19(26-2)20(18)27-3)14-23-10-12-24(13-11-23)21-22-16-6-4-5-7-17(16)28-21;2*3-2(4,5)1(6)7/h4-9H,10-14H2,1-3H3;2*(H,6,7). The van der Waals surface area contributed by atoms with Gasteiger partial charge in [0.2, 0.25) is 5.75 Å². The van der Waals surface area contributed by atoms with Crippen molar-refractivity contribution in [1.82, 2.24) is 9.88 Å². The molecule has 232 valence electrons. The van der Waals surface area contributed by atoms with Crippen LogP contribution in [0.25, 0.3) is 11.1 Å². The van der Waals surface area contributed by atoms with E-state index in [0.29, 0.717) is 17.5 Å². The van der Waals surface area contributed by atoms with Gasteiger partial charge in [0.1, 0.15) is 5.52 Å². The molecule has 1 saturated heterocycles. The van der Waals surface area contributed by atoms with Gasteiger partial charge in [-0.15, -0.1) is 0 Å². The largest absolute Gasteiger partial charge is 0.493 e. The fraction of sp³-hybridized carbons (Fsp3) is 0.400. The minimum atomic E-state index is -5.08. The second-order valence-corrected chi connectivity index (χ2v) is 8.33. The number of nitrogens with zero attached hydrogens (tertiary/aromatic N) is 3. The molecule has 0 amide bonds. The predicted octanol–water partition coefficient (Wildman–Crippen LogP) is 4.44. The zero-order chi connectivity index (χ0) is 31.7. The van der Waals surface area contributed by atoms with Crippen LogP contribution in [0.1, 0.15) is 5.56 Å². The molecular formula is C25H27F6N3O8. The first-order chi connectivity index (χ1) is 19.6. The van der Waals surface area contributed by atoms with Gasteiger partial charge in [-0.2, -0.15) is 31.3 Å². The van der Waals surface area contributed by atoms with Crippen molar-refractivity contribution in [2.24, 2.45) is 0 Å². The van der Waals surface area contributed by atoms with E-state index in [0.717, 1.165) is 55.1 Å². The number of fused-ring (bicyclic) bond motifs is 1. The van der Waals surface area contributed by atoms with Crippen LogP contribution >= 0.6 is 0 Å². The molecular weight excluding hydrogens is 584 g/mol. The Hall–Kier alpha value is -4.41. The number of ether oxygens (including phenoxy) is 3. The number of alkyl halides is 6. The Balaban J connectivity index is 0.000000367. The summed E-state index contributed by atoms with van der Waals surface area (Å²) in [5.41, 5.74) is 2.81. The average Bonchev–Trinajstić information content (AvgIpc) is 3.37.